The third-order valence-corrected chi connectivity index (χ3v) is 6.29. The van der Waals surface area contributed by atoms with Gasteiger partial charge in [0, 0.05) is 24.5 Å². The Morgan fingerprint density at radius 3 is 2.52 bits per heavy atom. The lowest BCUT2D eigenvalue weighted by atomic mass is 10.2. The highest BCUT2D eigenvalue weighted by Crippen LogP contribution is 2.26. The van der Waals surface area contributed by atoms with Gasteiger partial charge < -0.3 is 4.74 Å². The average Bonchev–Trinajstić information content (AvgIpc) is 3.11. The fourth-order valence-corrected chi connectivity index (χ4v) is 4.57. The number of nitrogens with one attached hydrogen (secondary N) is 1. The summed E-state index contributed by atoms with van der Waals surface area (Å²) in [7, 11) is -3.49. The first-order valence-electron chi connectivity index (χ1n) is 7.57. The lowest BCUT2D eigenvalue weighted by Crippen LogP contribution is -2.43. The van der Waals surface area contributed by atoms with E-state index in [-0.39, 0.29) is 6.04 Å². The van der Waals surface area contributed by atoms with E-state index in [2.05, 4.69) is 15.7 Å². The molecule has 1 aliphatic heterocycles. The molecular weight excluding hydrogens is 332 g/mol. The van der Waals surface area contributed by atoms with Crippen molar-refractivity contribution in [3.63, 3.8) is 0 Å². The molecule has 0 unspecified atom stereocenters. The molecule has 1 saturated heterocycles. The second kappa shape index (κ2) is 7.55. The van der Waals surface area contributed by atoms with E-state index in [9.17, 15) is 8.42 Å². The molecule has 1 atom stereocenters. The van der Waals surface area contributed by atoms with Crippen LogP contribution in [0, 0.1) is 0 Å². The van der Waals surface area contributed by atoms with Crippen molar-refractivity contribution in [1.82, 2.24) is 9.62 Å². The predicted molar refractivity (Wildman–Crippen MR) is 91.1 cm³/mol. The van der Waals surface area contributed by atoms with Crippen LogP contribution in [0.4, 0.5) is 0 Å². The zero-order valence-corrected chi connectivity index (χ0v) is 14.4. The van der Waals surface area contributed by atoms with Crippen molar-refractivity contribution in [1.29, 1.82) is 0 Å². The maximum absolute atomic E-state index is 12.4. The van der Waals surface area contributed by atoms with Crippen molar-refractivity contribution in [2.45, 2.75) is 10.9 Å². The van der Waals surface area contributed by atoms with Crippen LogP contribution in [0.2, 0.25) is 0 Å². The zero-order valence-electron chi connectivity index (χ0n) is 12.7. The molecule has 1 aromatic heterocycles. The summed E-state index contributed by atoms with van der Waals surface area (Å²) in [6.45, 7) is 3.36. The molecule has 1 N–H and O–H groups in total. The standard InChI is InChI=1S/C16H20N2O3S2/c19-23(20,14-5-2-1-3-6-14)17-13-15(16-7-4-12-22-16)18-8-10-21-11-9-18/h1-7,12,15,17H,8-11,13H2/t15-/m1/s1. The van der Waals surface area contributed by atoms with Crippen molar-refractivity contribution in [2.24, 2.45) is 0 Å². The van der Waals surface area contributed by atoms with E-state index >= 15 is 0 Å². The molecule has 124 valence electrons. The van der Waals surface area contributed by atoms with Gasteiger partial charge in [0.15, 0.2) is 0 Å². The van der Waals surface area contributed by atoms with E-state index in [1.807, 2.05) is 11.4 Å². The second-order valence-electron chi connectivity index (χ2n) is 5.34. The Kier molecular flexibility index (Phi) is 5.45. The van der Waals surface area contributed by atoms with Crippen molar-refractivity contribution in [3.8, 4) is 0 Å². The number of hydrogen-bond donors (Lipinski definition) is 1. The molecule has 2 aromatic rings. The third-order valence-electron chi connectivity index (χ3n) is 3.88. The van der Waals surface area contributed by atoms with E-state index in [0.717, 1.165) is 13.1 Å². The molecule has 23 heavy (non-hydrogen) atoms. The zero-order chi connectivity index (χ0) is 16.1. The summed E-state index contributed by atoms with van der Waals surface area (Å²) in [5, 5.41) is 2.02. The monoisotopic (exact) mass is 352 g/mol. The van der Waals surface area contributed by atoms with E-state index in [0.29, 0.717) is 24.7 Å². The summed E-state index contributed by atoms with van der Waals surface area (Å²) < 4.78 is 33.0. The minimum Gasteiger partial charge on any atom is -0.379 e. The van der Waals surface area contributed by atoms with Crippen LogP contribution in [0.25, 0.3) is 0 Å². The topological polar surface area (TPSA) is 58.6 Å². The van der Waals surface area contributed by atoms with Crippen molar-refractivity contribution >= 4 is 21.4 Å². The molecule has 5 nitrogen and oxygen atoms in total. The van der Waals surface area contributed by atoms with Gasteiger partial charge in [-0.1, -0.05) is 24.3 Å². The molecular formula is C16H20N2O3S2. The summed E-state index contributed by atoms with van der Waals surface area (Å²) in [6.07, 6.45) is 0. The van der Waals surface area contributed by atoms with Gasteiger partial charge in [0.1, 0.15) is 0 Å². The third kappa shape index (κ3) is 4.19. The van der Waals surface area contributed by atoms with Crippen LogP contribution < -0.4 is 4.72 Å². The summed E-state index contributed by atoms with van der Waals surface area (Å²) in [6, 6.07) is 12.6. The molecule has 0 spiro atoms. The first-order chi connectivity index (χ1) is 11.2. The lowest BCUT2D eigenvalue weighted by molar-refractivity contribution is 0.0179. The Bertz CT molecular complexity index is 696. The van der Waals surface area contributed by atoms with Gasteiger partial charge in [-0.3, -0.25) is 4.90 Å². The van der Waals surface area contributed by atoms with Crippen molar-refractivity contribution in [3.05, 3.63) is 52.7 Å². The van der Waals surface area contributed by atoms with Crippen LogP contribution >= 0.6 is 11.3 Å². The van der Waals surface area contributed by atoms with Gasteiger partial charge in [0.2, 0.25) is 10.0 Å². The highest BCUT2D eigenvalue weighted by atomic mass is 32.2. The van der Waals surface area contributed by atoms with Crippen LogP contribution in [-0.2, 0) is 14.8 Å². The number of morpholine rings is 1. The molecule has 0 bridgehead atoms. The first-order valence-corrected chi connectivity index (χ1v) is 9.93. The Morgan fingerprint density at radius 1 is 1.13 bits per heavy atom. The van der Waals surface area contributed by atoms with Gasteiger partial charge in [0.25, 0.3) is 0 Å². The fourth-order valence-electron chi connectivity index (χ4n) is 2.65. The van der Waals surface area contributed by atoms with E-state index in [4.69, 9.17) is 4.74 Å². The largest absolute Gasteiger partial charge is 0.379 e. The van der Waals surface area contributed by atoms with Gasteiger partial charge in [-0.25, -0.2) is 13.1 Å². The Morgan fingerprint density at radius 2 is 1.87 bits per heavy atom. The highest BCUT2D eigenvalue weighted by Gasteiger charge is 2.25. The van der Waals surface area contributed by atoms with Gasteiger partial charge in [-0.2, -0.15) is 0 Å². The van der Waals surface area contributed by atoms with Crippen LogP contribution in [0.15, 0.2) is 52.7 Å². The lowest BCUT2D eigenvalue weighted by Gasteiger charge is -2.34. The summed E-state index contributed by atoms with van der Waals surface area (Å²) in [4.78, 5) is 3.75. The van der Waals surface area contributed by atoms with Crippen LogP contribution in [0.3, 0.4) is 0 Å². The fraction of sp³-hybridized carbons (Fsp3) is 0.375. The number of nitrogens with zero attached hydrogens (tertiary/aromatic N) is 1. The number of benzene rings is 1. The SMILES string of the molecule is O=S(=O)(NC[C@H](c1cccs1)N1CCOCC1)c1ccccc1. The second-order valence-corrected chi connectivity index (χ2v) is 8.09. The van der Waals surface area contributed by atoms with Gasteiger partial charge >= 0.3 is 0 Å². The molecule has 3 rings (SSSR count). The number of hydrogen-bond acceptors (Lipinski definition) is 5. The summed E-state index contributed by atoms with van der Waals surface area (Å²) in [5.41, 5.74) is 0. The predicted octanol–water partition coefficient (Wildman–Crippen LogP) is 2.10. The molecule has 2 heterocycles. The molecule has 1 fully saturated rings. The molecule has 7 heteroatoms. The van der Waals surface area contributed by atoms with E-state index in [1.54, 1.807) is 41.7 Å². The number of sulfonamides is 1. The van der Waals surface area contributed by atoms with Gasteiger partial charge in [-0.15, -0.1) is 11.3 Å². The molecule has 1 aliphatic rings. The minimum atomic E-state index is -3.49. The maximum atomic E-state index is 12.4. The minimum absolute atomic E-state index is 0.0392. The maximum Gasteiger partial charge on any atom is 0.240 e. The number of rotatable bonds is 6. The number of thiophene rings is 1. The van der Waals surface area contributed by atoms with Crippen LogP contribution in [-0.4, -0.2) is 46.2 Å². The number of ether oxygens (including phenoxy) is 1. The molecule has 1 aromatic carbocycles. The normalized spacial score (nSPS) is 17.9. The van der Waals surface area contributed by atoms with Crippen LogP contribution in [0.1, 0.15) is 10.9 Å². The van der Waals surface area contributed by atoms with Crippen molar-refractivity contribution < 1.29 is 13.2 Å². The quantitative estimate of drug-likeness (QED) is 0.865. The molecule has 0 amide bonds. The first kappa shape index (κ1) is 16.6. The summed E-state index contributed by atoms with van der Waals surface area (Å²) >= 11 is 1.65. The van der Waals surface area contributed by atoms with Gasteiger partial charge in [0.05, 0.1) is 24.2 Å². The van der Waals surface area contributed by atoms with Crippen LogP contribution in [0.5, 0.6) is 0 Å². The summed E-state index contributed by atoms with van der Waals surface area (Å²) in [5.74, 6) is 0. The van der Waals surface area contributed by atoms with E-state index in [1.165, 1.54) is 4.88 Å². The molecule has 0 saturated carbocycles. The van der Waals surface area contributed by atoms with Crippen molar-refractivity contribution in [2.75, 3.05) is 32.8 Å². The smallest absolute Gasteiger partial charge is 0.240 e. The highest BCUT2D eigenvalue weighted by molar-refractivity contribution is 7.89. The van der Waals surface area contributed by atoms with E-state index < -0.39 is 10.0 Å². The Balaban J connectivity index is 1.74. The molecule has 0 radical (unpaired) electrons. The van der Waals surface area contributed by atoms with Gasteiger partial charge in [-0.05, 0) is 23.6 Å². The Hall–Kier alpha value is -1.25. The Labute approximate surface area is 140 Å². The average molecular weight is 352 g/mol. The molecule has 0 aliphatic carbocycles.